The van der Waals surface area contributed by atoms with Crippen LogP contribution in [0.15, 0.2) is 24.3 Å². The standard InChI is InChI=1S/C18H23FN4O3/c1-11(2)16-20-15(17(26)21-18(3,4)9-8-14(24)25)22-23(16)13-7-5-6-12(19)10-13/h5-7,10-11H,8-9H2,1-4H3,(H,21,26)(H,24,25). The molecule has 1 aromatic heterocycles. The molecule has 7 nitrogen and oxygen atoms in total. The number of aromatic nitrogens is 3. The van der Waals surface area contributed by atoms with Crippen molar-refractivity contribution >= 4 is 11.9 Å². The lowest BCUT2D eigenvalue weighted by molar-refractivity contribution is -0.137. The largest absolute Gasteiger partial charge is 0.481 e. The molecule has 140 valence electrons. The lowest BCUT2D eigenvalue weighted by Crippen LogP contribution is -2.44. The van der Waals surface area contributed by atoms with E-state index in [0.717, 1.165) is 0 Å². The van der Waals surface area contributed by atoms with Crippen LogP contribution < -0.4 is 5.32 Å². The SMILES string of the molecule is CC(C)c1nc(C(=O)NC(C)(C)CCC(=O)O)nn1-c1cccc(F)c1. The monoisotopic (exact) mass is 362 g/mol. The zero-order valence-corrected chi connectivity index (χ0v) is 15.3. The molecule has 0 atom stereocenters. The summed E-state index contributed by atoms with van der Waals surface area (Å²) in [5.41, 5.74) is -0.247. The Morgan fingerprint density at radius 1 is 1.35 bits per heavy atom. The molecule has 2 aromatic rings. The maximum Gasteiger partial charge on any atom is 0.303 e. The number of carbonyl (C=O) groups is 2. The zero-order chi connectivity index (χ0) is 19.5. The molecule has 0 aliphatic rings. The minimum absolute atomic E-state index is 0.0349. The van der Waals surface area contributed by atoms with Gasteiger partial charge in [-0.3, -0.25) is 9.59 Å². The average molecular weight is 362 g/mol. The normalized spacial score (nSPS) is 11.6. The summed E-state index contributed by atoms with van der Waals surface area (Å²) in [7, 11) is 0. The van der Waals surface area contributed by atoms with Crippen LogP contribution in [-0.4, -0.2) is 37.3 Å². The fourth-order valence-corrected chi connectivity index (χ4v) is 2.44. The molecule has 0 saturated heterocycles. The quantitative estimate of drug-likeness (QED) is 0.789. The highest BCUT2D eigenvalue weighted by Crippen LogP contribution is 2.19. The van der Waals surface area contributed by atoms with Crippen molar-refractivity contribution in [3.63, 3.8) is 0 Å². The summed E-state index contributed by atoms with van der Waals surface area (Å²) in [6, 6.07) is 5.89. The summed E-state index contributed by atoms with van der Waals surface area (Å²) >= 11 is 0. The lowest BCUT2D eigenvalue weighted by Gasteiger charge is -2.24. The Balaban J connectivity index is 2.29. The molecule has 1 amide bonds. The van der Waals surface area contributed by atoms with Gasteiger partial charge in [0.15, 0.2) is 0 Å². The molecule has 0 aliphatic heterocycles. The zero-order valence-electron chi connectivity index (χ0n) is 15.3. The van der Waals surface area contributed by atoms with Crippen molar-refractivity contribution in [3.05, 3.63) is 41.7 Å². The molecule has 26 heavy (non-hydrogen) atoms. The number of hydrogen-bond acceptors (Lipinski definition) is 4. The number of amides is 1. The third-order valence-corrected chi connectivity index (χ3v) is 3.82. The van der Waals surface area contributed by atoms with Crippen LogP contribution >= 0.6 is 0 Å². The second-order valence-corrected chi connectivity index (χ2v) is 7.07. The van der Waals surface area contributed by atoms with E-state index in [0.29, 0.717) is 11.5 Å². The van der Waals surface area contributed by atoms with Gasteiger partial charge in [-0.15, -0.1) is 5.10 Å². The highest BCUT2D eigenvalue weighted by atomic mass is 19.1. The van der Waals surface area contributed by atoms with Gasteiger partial charge in [0.1, 0.15) is 11.6 Å². The molecule has 0 bridgehead atoms. The predicted octanol–water partition coefficient (Wildman–Crippen LogP) is 2.90. The molecule has 0 radical (unpaired) electrons. The minimum atomic E-state index is -0.928. The second-order valence-electron chi connectivity index (χ2n) is 7.07. The van der Waals surface area contributed by atoms with Crippen molar-refractivity contribution in [1.82, 2.24) is 20.1 Å². The maximum absolute atomic E-state index is 13.5. The van der Waals surface area contributed by atoms with Gasteiger partial charge in [0.2, 0.25) is 5.82 Å². The summed E-state index contributed by atoms with van der Waals surface area (Å²) in [5, 5.41) is 15.8. The summed E-state index contributed by atoms with van der Waals surface area (Å²) in [5.74, 6) is -1.38. The summed E-state index contributed by atoms with van der Waals surface area (Å²) in [6.07, 6.45) is 0.214. The van der Waals surface area contributed by atoms with Crippen molar-refractivity contribution < 1.29 is 19.1 Å². The first kappa shape index (κ1) is 19.6. The highest BCUT2D eigenvalue weighted by molar-refractivity contribution is 5.91. The Morgan fingerprint density at radius 3 is 2.62 bits per heavy atom. The highest BCUT2D eigenvalue weighted by Gasteiger charge is 2.26. The number of carboxylic acid groups (broad SMARTS) is 1. The smallest absolute Gasteiger partial charge is 0.303 e. The van der Waals surface area contributed by atoms with Gasteiger partial charge >= 0.3 is 5.97 Å². The molecule has 0 fully saturated rings. The van der Waals surface area contributed by atoms with Crippen molar-refractivity contribution in [2.24, 2.45) is 0 Å². The number of halogens is 1. The number of nitrogens with zero attached hydrogens (tertiary/aromatic N) is 3. The van der Waals surface area contributed by atoms with Gasteiger partial charge in [-0.05, 0) is 38.5 Å². The maximum atomic E-state index is 13.5. The molecule has 2 N–H and O–H groups in total. The van der Waals surface area contributed by atoms with E-state index in [1.807, 2.05) is 13.8 Å². The van der Waals surface area contributed by atoms with E-state index in [9.17, 15) is 14.0 Å². The first-order valence-electron chi connectivity index (χ1n) is 8.36. The first-order valence-corrected chi connectivity index (χ1v) is 8.36. The van der Waals surface area contributed by atoms with E-state index in [1.54, 1.807) is 26.0 Å². The molecule has 2 rings (SSSR count). The van der Waals surface area contributed by atoms with Crippen LogP contribution in [0.3, 0.4) is 0 Å². The molecule has 0 aliphatic carbocycles. The Kier molecular flexibility index (Phi) is 5.74. The van der Waals surface area contributed by atoms with Gasteiger partial charge in [0.25, 0.3) is 5.91 Å². The van der Waals surface area contributed by atoms with Crippen LogP contribution in [0, 0.1) is 5.82 Å². The van der Waals surface area contributed by atoms with E-state index in [2.05, 4.69) is 15.4 Å². The number of nitrogens with one attached hydrogen (secondary N) is 1. The van der Waals surface area contributed by atoms with Crippen molar-refractivity contribution in [3.8, 4) is 5.69 Å². The minimum Gasteiger partial charge on any atom is -0.481 e. The van der Waals surface area contributed by atoms with E-state index in [4.69, 9.17) is 5.11 Å². The molecule has 8 heteroatoms. The van der Waals surface area contributed by atoms with Gasteiger partial charge in [0, 0.05) is 17.9 Å². The number of carboxylic acids is 1. The predicted molar refractivity (Wildman–Crippen MR) is 93.8 cm³/mol. The first-order chi connectivity index (χ1) is 12.1. The number of rotatable bonds is 7. The van der Waals surface area contributed by atoms with Crippen LogP contribution in [0.4, 0.5) is 4.39 Å². The van der Waals surface area contributed by atoms with Crippen LogP contribution in [0.5, 0.6) is 0 Å². The Bertz CT molecular complexity index is 815. The molecule has 1 heterocycles. The van der Waals surface area contributed by atoms with E-state index >= 15 is 0 Å². The molecule has 1 aromatic carbocycles. The van der Waals surface area contributed by atoms with E-state index < -0.39 is 23.2 Å². The van der Waals surface area contributed by atoms with E-state index in [-0.39, 0.29) is 24.6 Å². The van der Waals surface area contributed by atoms with Gasteiger partial charge in [-0.25, -0.2) is 14.1 Å². The van der Waals surface area contributed by atoms with Crippen molar-refractivity contribution in [2.75, 3.05) is 0 Å². The fraction of sp³-hybridized carbons (Fsp3) is 0.444. The van der Waals surface area contributed by atoms with Gasteiger partial charge < -0.3 is 10.4 Å². The Morgan fingerprint density at radius 2 is 2.04 bits per heavy atom. The van der Waals surface area contributed by atoms with Crippen LogP contribution in [-0.2, 0) is 4.79 Å². The Labute approximate surface area is 151 Å². The Hall–Kier alpha value is -2.77. The van der Waals surface area contributed by atoms with Gasteiger partial charge in [0.05, 0.1) is 5.69 Å². The number of benzene rings is 1. The fourth-order valence-electron chi connectivity index (χ4n) is 2.44. The molecule has 0 saturated carbocycles. The third kappa shape index (κ3) is 4.87. The van der Waals surface area contributed by atoms with Crippen LogP contribution in [0.2, 0.25) is 0 Å². The van der Waals surface area contributed by atoms with E-state index in [1.165, 1.54) is 16.8 Å². The summed E-state index contributed by atoms with van der Waals surface area (Å²) < 4.78 is 15.0. The topological polar surface area (TPSA) is 97.1 Å². The average Bonchev–Trinajstić information content (AvgIpc) is 2.98. The second kappa shape index (κ2) is 7.63. The molecular weight excluding hydrogens is 339 g/mol. The lowest BCUT2D eigenvalue weighted by atomic mass is 9.98. The molecular formula is C18H23FN4O3. The van der Waals surface area contributed by atoms with Crippen molar-refractivity contribution in [2.45, 2.75) is 52.0 Å². The van der Waals surface area contributed by atoms with Crippen molar-refractivity contribution in [1.29, 1.82) is 0 Å². The summed E-state index contributed by atoms with van der Waals surface area (Å²) in [4.78, 5) is 27.6. The molecule has 0 unspecified atom stereocenters. The van der Waals surface area contributed by atoms with Crippen LogP contribution in [0.25, 0.3) is 5.69 Å². The third-order valence-electron chi connectivity index (χ3n) is 3.82. The van der Waals surface area contributed by atoms with Gasteiger partial charge in [-0.2, -0.15) is 0 Å². The number of carbonyl (C=O) groups excluding carboxylic acids is 1. The number of aliphatic carboxylic acids is 1. The van der Waals surface area contributed by atoms with Gasteiger partial charge in [-0.1, -0.05) is 19.9 Å². The number of hydrogen-bond donors (Lipinski definition) is 2. The summed E-state index contributed by atoms with van der Waals surface area (Å²) in [6.45, 7) is 7.28. The van der Waals surface area contributed by atoms with Crippen LogP contribution in [0.1, 0.15) is 62.9 Å². The molecule has 0 spiro atoms.